The van der Waals surface area contributed by atoms with Gasteiger partial charge in [-0.3, -0.25) is 0 Å². The summed E-state index contributed by atoms with van der Waals surface area (Å²) < 4.78 is 0. The second-order valence-electron chi connectivity index (χ2n) is 5.79. The molecule has 0 unspecified atom stereocenters. The van der Waals surface area contributed by atoms with E-state index < -0.39 is 8.07 Å². The van der Waals surface area contributed by atoms with Crippen LogP contribution in [0.15, 0.2) is 42.5 Å². The highest BCUT2D eigenvalue weighted by molar-refractivity contribution is 7.00. The fraction of sp³-hybridized carbons (Fsp3) is 0.294. The Balaban J connectivity index is 2.46. The molecule has 0 spiro atoms. The minimum Gasteiger partial charge on any atom is -0.0623 e. The van der Waals surface area contributed by atoms with Crippen molar-refractivity contribution in [3.63, 3.8) is 0 Å². The Morgan fingerprint density at radius 3 is 1.78 bits per heavy atom. The maximum absolute atomic E-state index is 2.43. The third-order valence-corrected chi connectivity index (χ3v) is 7.53. The molecule has 0 nitrogen and oxygen atoms in total. The van der Waals surface area contributed by atoms with E-state index in [9.17, 15) is 0 Å². The Morgan fingerprint density at radius 2 is 1.22 bits per heavy atom. The van der Waals surface area contributed by atoms with Gasteiger partial charge in [0.1, 0.15) is 8.07 Å². The molecule has 2 rings (SSSR count). The molecule has 0 aliphatic rings. The Bertz CT molecular complexity index is 550. The summed E-state index contributed by atoms with van der Waals surface area (Å²) in [5, 5.41) is 3.03. The van der Waals surface area contributed by atoms with Crippen LogP contribution in [-0.4, -0.2) is 8.07 Å². The van der Waals surface area contributed by atoms with E-state index in [-0.39, 0.29) is 0 Å². The molecular formula is C17H22Si. The Hall–Kier alpha value is -1.34. The minimum absolute atomic E-state index is 1.34. The van der Waals surface area contributed by atoms with E-state index in [0.29, 0.717) is 0 Å². The molecule has 0 bridgehead atoms. The zero-order chi connectivity index (χ0) is 13.3. The van der Waals surface area contributed by atoms with E-state index in [1.54, 1.807) is 0 Å². The smallest absolute Gasteiger partial charge is 0.0623 e. The standard InChI is InChI=1S/C17H22Si/c1-13-6-9-16(10-7-13)18(4,5)17-11-8-14(2)15(3)12-17/h6-12H,1-5H3. The second-order valence-corrected chi connectivity index (χ2v) is 10.2. The predicted octanol–water partition coefficient (Wildman–Crippen LogP) is 3.43. The normalized spacial score (nSPS) is 11.6. The fourth-order valence-electron chi connectivity index (χ4n) is 2.27. The van der Waals surface area contributed by atoms with Gasteiger partial charge in [0.15, 0.2) is 0 Å². The van der Waals surface area contributed by atoms with E-state index >= 15 is 0 Å². The molecule has 0 aromatic heterocycles. The van der Waals surface area contributed by atoms with Gasteiger partial charge < -0.3 is 0 Å². The summed E-state index contributed by atoms with van der Waals surface area (Å²) in [4.78, 5) is 0. The first-order valence-corrected chi connectivity index (χ1v) is 9.56. The summed E-state index contributed by atoms with van der Waals surface area (Å²) in [5.41, 5.74) is 4.12. The zero-order valence-electron chi connectivity index (χ0n) is 12.0. The highest BCUT2D eigenvalue weighted by atomic mass is 28.3. The van der Waals surface area contributed by atoms with Crippen molar-refractivity contribution in [2.45, 2.75) is 33.9 Å². The summed E-state index contributed by atoms with van der Waals surface area (Å²) >= 11 is 0. The van der Waals surface area contributed by atoms with Crippen LogP contribution in [-0.2, 0) is 0 Å². The van der Waals surface area contributed by atoms with Crippen LogP contribution < -0.4 is 10.4 Å². The summed E-state index contributed by atoms with van der Waals surface area (Å²) in [6, 6.07) is 16.0. The molecule has 0 N–H and O–H groups in total. The van der Waals surface area contributed by atoms with Crippen LogP contribution in [0, 0.1) is 20.8 Å². The molecule has 2 aromatic carbocycles. The Morgan fingerprint density at radius 1 is 0.667 bits per heavy atom. The lowest BCUT2D eigenvalue weighted by atomic mass is 10.1. The molecule has 0 atom stereocenters. The highest BCUT2D eigenvalue weighted by Gasteiger charge is 2.25. The van der Waals surface area contributed by atoms with E-state index in [1.807, 2.05) is 0 Å². The van der Waals surface area contributed by atoms with Gasteiger partial charge in [0.05, 0.1) is 0 Å². The third kappa shape index (κ3) is 2.41. The lowest BCUT2D eigenvalue weighted by Crippen LogP contribution is -2.52. The monoisotopic (exact) mass is 254 g/mol. The molecule has 94 valence electrons. The van der Waals surface area contributed by atoms with Crippen LogP contribution in [0.5, 0.6) is 0 Å². The summed E-state index contributed by atoms with van der Waals surface area (Å²) in [7, 11) is -1.53. The first-order valence-electron chi connectivity index (χ1n) is 6.56. The maximum Gasteiger partial charge on any atom is 0.112 e. The highest BCUT2D eigenvalue weighted by Crippen LogP contribution is 2.10. The average Bonchev–Trinajstić information content (AvgIpc) is 2.33. The maximum atomic E-state index is 2.43. The second kappa shape index (κ2) is 4.73. The van der Waals surface area contributed by atoms with Gasteiger partial charge in [-0.2, -0.15) is 0 Å². The number of rotatable bonds is 2. The largest absolute Gasteiger partial charge is 0.112 e. The van der Waals surface area contributed by atoms with Crippen LogP contribution >= 0.6 is 0 Å². The van der Waals surface area contributed by atoms with Gasteiger partial charge in [-0.05, 0) is 31.9 Å². The van der Waals surface area contributed by atoms with Gasteiger partial charge in [-0.15, -0.1) is 0 Å². The van der Waals surface area contributed by atoms with Gasteiger partial charge in [-0.1, -0.05) is 71.5 Å². The van der Waals surface area contributed by atoms with E-state index in [2.05, 4.69) is 76.3 Å². The van der Waals surface area contributed by atoms with Crippen LogP contribution in [0.3, 0.4) is 0 Å². The molecule has 0 saturated heterocycles. The summed E-state index contributed by atoms with van der Waals surface area (Å²) in [6.07, 6.45) is 0. The van der Waals surface area contributed by atoms with Crippen molar-refractivity contribution < 1.29 is 0 Å². The molecule has 1 heteroatoms. The summed E-state index contributed by atoms with van der Waals surface area (Å²) in [5.74, 6) is 0. The summed E-state index contributed by atoms with van der Waals surface area (Å²) in [6.45, 7) is 11.4. The van der Waals surface area contributed by atoms with Crippen LogP contribution in [0.25, 0.3) is 0 Å². The van der Waals surface area contributed by atoms with E-state index in [4.69, 9.17) is 0 Å². The third-order valence-electron chi connectivity index (χ3n) is 4.00. The van der Waals surface area contributed by atoms with Gasteiger partial charge in [0, 0.05) is 0 Å². The lowest BCUT2D eigenvalue weighted by Gasteiger charge is -2.24. The van der Waals surface area contributed by atoms with E-state index in [1.165, 1.54) is 27.1 Å². The topological polar surface area (TPSA) is 0 Å². The van der Waals surface area contributed by atoms with Crippen LogP contribution in [0.4, 0.5) is 0 Å². The lowest BCUT2D eigenvalue weighted by molar-refractivity contribution is 1.35. The predicted molar refractivity (Wildman–Crippen MR) is 83.8 cm³/mol. The Labute approximate surface area is 112 Å². The van der Waals surface area contributed by atoms with Gasteiger partial charge in [0.2, 0.25) is 0 Å². The molecule has 0 aliphatic carbocycles. The molecular weight excluding hydrogens is 232 g/mol. The number of aryl methyl sites for hydroxylation is 3. The number of hydrogen-bond acceptors (Lipinski definition) is 0. The molecule has 0 heterocycles. The number of benzene rings is 2. The fourth-order valence-corrected chi connectivity index (χ4v) is 4.68. The number of hydrogen-bond donors (Lipinski definition) is 0. The van der Waals surface area contributed by atoms with Crippen molar-refractivity contribution in [3.8, 4) is 0 Å². The SMILES string of the molecule is Cc1ccc([Si](C)(C)c2ccc(C)c(C)c2)cc1. The van der Waals surface area contributed by atoms with Gasteiger partial charge in [-0.25, -0.2) is 0 Å². The minimum atomic E-state index is -1.53. The van der Waals surface area contributed by atoms with Crippen molar-refractivity contribution >= 4 is 18.4 Å². The van der Waals surface area contributed by atoms with Gasteiger partial charge >= 0.3 is 0 Å². The van der Waals surface area contributed by atoms with Crippen LogP contribution in [0.2, 0.25) is 13.1 Å². The average molecular weight is 254 g/mol. The first-order chi connectivity index (χ1) is 8.41. The quantitative estimate of drug-likeness (QED) is 0.720. The molecule has 0 radical (unpaired) electrons. The van der Waals surface area contributed by atoms with Crippen LogP contribution in [0.1, 0.15) is 16.7 Å². The molecule has 18 heavy (non-hydrogen) atoms. The Kier molecular flexibility index (Phi) is 3.44. The van der Waals surface area contributed by atoms with Crippen molar-refractivity contribution in [3.05, 3.63) is 59.2 Å². The molecule has 2 aromatic rings. The molecule has 0 amide bonds. The van der Waals surface area contributed by atoms with Crippen molar-refractivity contribution in [1.29, 1.82) is 0 Å². The van der Waals surface area contributed by atoms with E-state index in [0.717, 1.165) is 0 Å². The molecule has 0 aliphatic heterocycles. The molecule has 0 saturated carbocycles. The van der Waals surface area contributed by atoms with Crippen molar-refractivity contribution in [2.75, 3.05) is 0 Å². The first kappa shape index (κ1) is 13.1. The zero-order valence-corrected chi connectivity index (χ0v) is 13.0. The van der Waals surface area contributed by atoms with Crippen molar-refractivity contribution in [2.24, 2.45) is 0 Å². The molecule has 0 fully saturated rings. The van der Waals surface area contributed by atoms with Gasteiger partial charge in [0.25, 0.3) is 0 Å². The van der Waals surface area contributed by atoms with Crippen molar-refractivity contribution in [1.82, 2.24) is 0 Å².